The molecule has 1 saturated carbocycles. The molecule has 3 aromatic rings. The van der Waals surface area contributed by atoms with Crippen LogP contribution in [0.25, 0.3) is 0 Å². The van der Waals surface area contributed by atoms with Crippen molar-refractivity contribution in [1.29, 1.82) is 0 Å². The van der Waals surface area contributed by atoms with Crippen molar-refractivity contribution in [2.24, 2.45) is 22.9 Å². The predicted octanol–water partition coefficient (Wildman–Crippen LogP) is 9.11. The minimum Gasteiger partial charge on any atom is -0.489 e. The minimum absolute atomic E-state index is 0.0441. The van der Waals surface area contributed by atoms with Crippen molar-refractivity contribution in [3.8, 4) is 11.5 Å². The highest BCUT2D eigenvalue weighted by molar-refractivity contribution is 6.03. The summed E-state index contributed by atoms with van der Waals surface area (Å²) in [5.41, 5.74) is 3.99. The SMILES string of the molecule is C=CCOC12Oc3ccc(OCc4ccccc4F)cc3C3C(CCCCO)C(CCCCO)C=C(C(=NOCc4ccccc4)CC1N(CCC)C(=O)OCC)C32. The summed E-state index contributed by atoms with van der Waals surface area (Å²) in [7, 11) is 0. The quantitative estimate of drug-likeness (QED) is 0.0623. The predicted molar refractivity (Wildman–Crippen MR) is 221 cm³/mol. The van der Waals surface area contributed by atoms with Gasteiger partial charge in [0, 0.05) is 43.2 Å². The average molecular weight is 799 g/mol. The fourth-order valence-electron chi connectivity index (χ4n) is 9.10. The Balaban J connectivity index is 1.55. The number of benzene rings is 3. The van der Waals surface area contributed by atoms with Crippen LogP contribution in [-0.2, 0) is 27.5 Å². The lowest BCUT2D eigenvalue weighted by Gasteiger charge is -2.59. The Bertz CT molecular complexity index is 1870. The number of carbonyl (C=O) groups excluding carboxylic acids is 1. The number of amides is 1. The van der Waals surface area contributed by atoms with E-state index in [1.807, 2.05) is 55.5 Å². The normalized spacial score (nSPS) is 23.8. The third-order valence-electron chi connectivity index (χ3n) is 11.6. The summed E-state index contributed by atoms with van der Waals surface area (Å²) in [6.07, 6.45) is 9.04. The Hall–Kier alpha value is -4.71. The number of hydrogen-bond donors (Lipinski definition) is 2. The van der Waals surface area contributed by atoms with Gasteiger partial charge in [-0.3, -0.25) is 4.90 Å². The van der Waals surface area contributed by atoms with Crippen molar-refractivity contribution in [2.75, 3.05) is 33.0 Å². The van der Waals surface area contributed by atoms with Crippen molar-refractivity contribution >= 4 is 11.8 Å². The summed E-state index contributed by atoms with van der Waals surface area (Å²) in [5.74, 6) is -1.13. The number of hydrogen-bond acceptors (Lipinski definition) is 9. The molecule has 0 radical (unpaired) electrons. The lowest BCUT2D eigenvalue weighted by molar-refractivity contribution is -0.255. The molecule has 2 N–H and O–H groups in total. The highest BCUT2D eigenvalue weighted by atomic mass is 19.1. The van der Waals surface area contributed by atoms with E-state index in [0.29, 0.717) is 48.6 Å². The first-order valence-electron chi connectivity index (χ1n) is 20.9. The maximum Gasteiger partial charge on any atom is 0.410 e. The number of allylic oxidation sites excluding steroid dienone is 1. The molecular weight excluding hydrogens is 740 g/mol. The number of aliphatic hydroxyl groups excluding tert-OH is 2. The molecule has 3 aromatic carbocycles. The topological polar surface area (TPSA) is 119 Å². The number of oxime groups is 1. The van der Waals surface area contributed by atoms with Crippen LogP contribution in [-0.4, -0.2) is 71.7 Å². The summed E-state index contributed by atoms with van der Waals surface area (Å²) < 4.78 is 40.9. The van der Waals surface area contributed by atoms with E-state index in [4.69, 9.17) is 28.9 Å². The monoisotopic (exact) mass is 798 g/mol. The number of fused-ring (bicyclic) bond motifs is 2. The summed E-state index contributed by atoms with van der Waals surface area (Å²) >= 11 is 0. The van der Waals surface area contributed by atoms with E-state index in [9.17, 15) is 19.4 Å². The lowest BCUT2D eigenvalue weighted by atomic mass is 9.55. The van der Waals surface area contributed by atoms with Crippen LogP contribution in [0, 0.1) is 23.6 Å². The van der Waals surface area contributed by atoms with E-state index in [1.54, 1.807) is 36.1 Å². The third kappa shape index (κ3) is 9.59. The molecule has 3 aliphatic rings. The van der Waals surface area contributed by atoms with Gasteiger partial charge in [0.1, 0.15) is 36.6 Å². The van der Waals surface area contributed by atoms with Gasteiger partial charge >= 0.3 is 6.09 Å². The van der Waals surface area contributed by atoms with E-state index < -0.39 is 23.8 Å². The first-order chi connectivity index (χ1) is 28.4. The fourth-order valence-corrected chi connectivity index (χ4v) is 9.10. The van der Waals surface area contributed by atoms with E-state index in [0.717, 1.165) is 42.4 Å². The van der Waals surface area contributed by atoms with E-state index in [2.05, 4.69) is 12.7 Å². The molecular formula is C47H59FN2O8. The van der Waals surface area contributed by atoms with Crippen LogP contribution in [0.15, 0.2) is 102 Å². The highest BCUT2D eigenvalue weighted by Crippen LogP contribution is 2.62. The molecule has 11 heteroatoms. The molecule has 6 atom stereocenters. The van der Waals surface area contributed by atoms with Crippen LogP contribution in [0.3, 0.4) is 0 Å². The Morgan fingerprint density at radius 3 is 2.48 bits per heavy atom. The second kappa shape index (κ2) is 20.8. The van der Waals surface area contributed by atoms with E-state index >= 15 is 0 Å². The summed E-state index contributed by atoms with van der Waals surface area (Å²) in [6.45, 7) is 9.05. The zero-order valence-electron chi connectivity index (χ0n) is 33.9. The van der Waals surface area contributed by atoms with Crippen LogP contribution in [0.4, 0.5) is 9.18 Å². The Labute approximate surface area is 342 Å². The smallest absolute Gasteiger partial charge is 0.410 e. The number of ether oxygens (including phenoxy) is 4. The number of carbonyl (C=O) groups is 1. The molecule has 1 heterocycles. The van der Waals surface area contributed by atoms with Gasteiger partial charge in [0.15, 0.2) is 0 Å². The number of unbranched alkanes of at least 4 members (excludes halogenated alkanes) is 2. The summed E-state index contributed by atoms with van der Waals surface area (Å²) in [4.78, 5) is 21.9. The first-order valence-corrected chi connectivity index (χ1v) is 20.9. The molecule has 6 rings (SSSR count). The molecule has 6 unspecified atom stereocenters. The lowest BCUT2D eigenvalue weighted by Crippen LogP contribution is -2.70. The molecule has 0 bridgehead atoms. The molecule has 312 valence electrons. The zero-order chi connectivity index (χ0) is 40.9. The van der Waals surface area contributed by atoms with Gasteiger partial charge in [-0.15, -0.1) is 6.58 Å². The third-order valence-corrected chi connectivity index (χ3v) is 11.6. The van der Waals surface area contributed by atoms with Crippen molar-refractivity contribution in [3.05, 3.63) is 120 Å². The maximum absolute atomic E-state index is 14.7. The number of halogens is 1. The fraction of sp³-hybridized carbons (Fsp3) is 0.489. The number of rotatable bonds is 21. The van der Waals surface area contributed by atoms with Gasteiger partial charge in [0.2, 0.25) is 5.79 Å². The second-order valence-corrected chi connectivity index (χ2v) is 15.3. The largest absolute Gasteiger partial charge is 0.489 e. The van der Waals surface area contributed by atoms with Crippen LogP contribution in [0.2, 0.25) is 0 Å². The minimum atomic E-state index is -1.39. The maximum atomic E-state index is 14.7. The Morgan fingerprint density at radius 2 is 1.76 bits per heavy atom. The Morgan fingerprint density at radius 1 is 1.00 bits per heavy atom. The molecule has 0 saturated heterocycles. The summed E-state index contributed by atoms with van der Waals surface area (Å²) in [5, 5.41) is 24.6. The van der Waals surface area contributed by atoms with Crippen LogP contribution >= 0.6 is 0 Å². The van der Waals surface area contributed by atoms with Gasteiger partial charge in [0.25, 0.3) is 0 Å². The summed E-state index contributed by atoms with van der Waals surface area (Å²) in [6, 6.07) is 21.5. The zero-order valence-corrected chi connectivity index (χ0v) is 33.9. The van der Waals surface area contributed by atoms with Gasteiger partial charge in [-0.25, -0.2) is 9.18 Å². The standard InChI is InChI=1S/C47H59FN2O8/c1-4-24-50(46(53)54-6-3)43-30-41(49-57-31-33-16-8-7-9-17-33)38-28-34(18-12-14-25-51)37(20-13-15-26-52)44-39-29-36(55-32-35-19-10-11-21-40(35)48)22-23-42(39)58-47(43,45(38)44)56-27-5-2/h5,7-11,16-17,19,21-23,28-29,34,37,43-45,51-52H,2,4,6,12-15,18,20,24-27,30-32H2,1,3H3. The van der Waals surface area contributed by atoms with Crippen molar-refractivity contribution < 1.29 is 43.2 Å². The molecule has 1 aliphatic heterocycles. The molecule has 0 aromatic heterocycles. The van der Waals surface area contributed by atoms with Gasteiger partial charge in [0.05, 0.1) is 24.8 Å². The molecule has 0 spiro atoms. The molecule has 2 aliphatic carbocycles. The number of aliphatic hydroxyl groups is 2. The van der Waals surface area contributed by atoms with Crippen molar-refractivity contribution in [2.45, 2.75) is 96.2 Å². The van der Waals surface area contributed by atoms with Gasteiger partial charge in [-0.05, 0) is 86.3 Å². The number of nitrogens with zero attached hydrogens (tertiary/aromatic N) is 2. The molecule has 1 amide bonds. The average Bonchev–Trinajstić information content (AvgIpc) is 3.24. The van der Waals surface area contributed by atoms with Crippen molar-refractivity contribution in [1.82, 2.24) is 4.90 Å². The van der Waals surface area contributed by atoms with E-state index in [1.165, 1.54) is 6.07 Å². The van der Waals surface area contributed by atoms with Crippen LogP contribution < -0.4 is 9.47 Å². The van der Waals surface area contributed by atoms with Gasteiger partial charge in [-0.1, -0.05) is 85.6 Å². The molecule has 58 heavy (non-hydrogen) atoms. The second-order valence-electron chi connectivity index (χ2n) is 15.3. The van der Waals surface area contributed by atoms with E-state index in [-0.39, 0.29) is 69.6 Å². The first kappa shape index (κ1) is 42.9. The molecule has 1 fully saturated rings. The Kier molecular flexibility index (Phi) is 15.4. The van der Waals surface area contributed by atoms with Crippen molar-refractivity contribution in [3.63, 3.8) is 0 Å². The van der Waals surface area contributed by atoms with Gasteiger partial charge < -0.3 is 34.0 Å². The van der Waals surface area contributed by atoms with Gasteiger partial charge in [-0.2, -0.15) is 0 Å². The van der Waals surface area contributed by atoms with Crippen LogP contribution in [0.5, 0.6) is 11.5 Å². The molecule has 10 nitrogen and oxygen atoms in total. The highest BCUT2D eigenvalue weighted by Gasteiger charge is 2.65. The van der Waals surface area contributed by atoms with Crippen LogP contribution in [0.1, 0.15) is 87.8 Å².